The van der Waals surface area contributed by atoms with E-state index in [1.807, 2.05) is 18.2 Å². The molecular weight excluding hydrogens is 227 g/mol. The van der Waals surface area contributed by atoms with Gasteiger partial charge in [0.2, 0.25) is 5.24 Å². The van der Waals surface area contributed by atoms with Crippen LogP contribution in [0, 0.1) is 0 Å². The zero-order valence-corrected chi connectivity index (χ0v) is 9.29. The van der Waals surface area contributed by atoms with Gasteiger partial charge in [-0.05, 0) is 30.7 Å². The molecule has 0 fully saturated rings. The van der Waals surface area contributed by atoms with E-state index in [1.54, 1.807) is 13.0 Å². The molecule has 0 radical (unpaired) electrons. The molecular formula is C9H8Cl2OS. The third kappa shape index (κ3) is 3.22. The maximum absolute atomic E-state index is 10.8. The van der Waals surface area contributed by atoms with Crippen LogP contribution in [0.25, 0.3) is 0 Å². The first kappa shape index (κ1) is 10.9. The minimum absolute atomic E-state index is 0.262. The van der Waals surface area contributed by atoms with E-state index in [2.05, 4.69) is 0 Å². The lowest BCUT2D eigenvalue weighted by atomic mass is 10.4. The topological polar surface area (TPSA) is 17.1 Å². The monoisotopic (exact) mass is 234 g/mol. The van der Waals surface area contributed by atoms with Crippen molar-refractivity contribution < 1.29 is 4.79 Å². The van der Waals surface area contributed by atoms with E-state index in [9.17, 15) is 4.79 Å². The second-order valence-corrected chi connectivity index (χ2v) is 4.66. The van der Waals surface area contributed by atoms with Crippen LogP contribution in [0.1, 0.15) is 6.92 Å². The molecule has 13 heavy (non-hydrogen) atoms. The molecule has 0 aliphatic carbocycles. The fraction of sp³-hybridized carbons (Fsp3) is 0.222. The first-order chi connectivity index (χ1) is 6.11. The summed E-state index contributed by atoms with van der Waals surface area (Å²) in [5.41, 5.74) is 0. The van der Waals surface area contributed by atoms with E-state index < -0.39 is 0 Å². The minimum atomic E-state index is -0.357. The Hall–Kier alpha value is -0.180. The second-order valence-electron chi connectivity index (χ2n) is 2.49. The molecule has 0 aliphatic heterocycles. The third-order valence-corrected chi connectivity index (χ3v) is 3.54. The Labute approximate surface area is 91.4 Å². The molecule has 70 valence electrons. The highest BCUT2D eigenvalue weighted by atomic mass is 35.5. The standard InChI is InChI=1S/C9H8Cl2OS/c1-6(9(11)12)13-8-5-3-2-4-7(8)10/h2-6H,1H3. The zero-order chi connectivity index (χ0) is 9.84. The Kier molecular flexibility index (Phi) is 4.10. The van der Waals surface area contributed by atoms with E-state index in [4.69, 9.17) is 23.2 Å². The van der Waals surface area contributed by atoms with E-state index in [1.165, 1.54) is 11.8 Å². The number of rotatable bonds is 3. The highest BCUT2D eigenvalue weighted by molar-refractivity contribution is 8.00. The van der Waals surface area contributed by atoms with Gasteiger partial charge in [-0.15, -0.1) is 11.8 Å². The number of thioether (sulfide) groups is 1. The summed E-state index contributed by atoms with van der Waals surface area (Å²) in [6, 6.07) is 7.37. The second kappa shape index (κ2) is 4.89. The maximum atomic E-state index is 10.8. The molecule has 1 aromatic carbocycles. The summed E-state index contributed by atoms with van der Waals surface area (Å²) in [6.07, 6.45) is 0. The van der Waals surface area contributed by atoms with Gasteiger partial charge in [0.25, 0.3) is 0 Å². The van der Waals surface area contributed by atoms with Gasteiger partial charge in [0.15, 0.2) is 0 Å². The molecule has 0 saturated heterocycles. The lowest BCUT2D eigenvalue weighted by Gasteiger charge is -2.06. The summed E-state index contributed by atoms with van der Waals surface area (Å²) in [4.78, 5) is 11.6. The van der Waals surface area contributed by atoms with Crippen LogP contribution in [0.2, 0.25) is 5.02 Å². The van der Waals surface area contributed by atoms with Gasteiger partial charge in [-0.25, -0.2) is 0 Å². The normalized spacial score (nSPS) is 12.5. The van der Waals surface area contributed by atoms with Crippen molar-refractivity contribution in [3.63, 3.8) is 0 Å². The summed E-state index contributed by atoms with van der Waals surface area (Å²) >= 11 is 12.6. The zero-order valence-electron chi connectivity index (χ0n) is 6.96. The largest absolute Gasteiger partial charge is 0.280 e. The van der Waals surface area contributed by atoms with Gasteiger partial charge in [0.1, 0.15) is 0 Å². The van der Waals surface area contributed by atoms with Crippen molar-refractivity contribution >= 4 is 40.2 Å². The smallest absolute Gasteiger partial charge is 0.234 e. The molecule has 4 heteroatoms. The van der Waals surface area contributed by atoms with Crippen molar-refractivity contribution in [2.24, 2.45) is 0 Å². The Balaban J connectivity index is 2.74. The quantitative estimate of drug-likeness (QED) is 0.588. The molecule has 0 aromatic heterocycles. The molecule has 1 atom stereocenters. The molecule has 1 nitrogen and oxygen atoms in total. The minimum Gasteiger partial charge on any atom is -0.280 e. The van der Waals surface area contributed by atoms with E-state index in [0.29, 0.717) is 5.02 Å². The van der Waals surface area contributed by atoms with Gasteiger partial charge in [-0.3, -0.25) is 4.79 Å². The Morgan fingerprint density at radius 2 is 2.08 bits per heavy atom. The molecule has 0 N–H and O–H groups in total. The lowest BCUT2D eigenvalue weighted by molar-refractivity contribution is -0.111. The fourth-order valence-corrected chi connectivity index (χ4v) is 1.99. The van der Waals surface area contributed by atoms with Gasteiger partial charge in [-0.2, -0.15) is 0 Å². The number of hydrogen-bond donors (Lipinski definition) is 0. The molecule has 0 amide bonds. The first-order valence-electron chi connectivity index (χ1n) is 3.72. The van der Waals surface area contributed by atoms with Crippen LogP contribution >= 0.6 is 35.0 Å². The molecule has 0 spiro atoms. The molecule has 0 heterocycles. The van der Waals surface area contributed by atoms with Crippen LogP contribution in [0.4, 0.5) is 0 Å². The van der Waals surface area contributed by atoms with Crippen LogP contribution in [-0.4, -0.2) is 10.5 Å². The number of carbonyl (C=O) groups excluding carboxylic acids is 1. The average Bonchev–Trinajstić information content (AvgIpc) is 2.08. The van der Waals surface area contributed by atoms with Crippen molar-refractivity contribution in [2.45, 2.75) is 17.1 Å². The van der Waals surface area contributed by atoms with Crippen molar-refractivity contribution in [1.29, 1.82) is 0 Å². The van der Waals surface area contributed by atoms with Crippen LogP contribution in [0.5, 0.6) is 0 Å². The highest BCUT2D eigenvalue weighted by Crippen LogP contribution is 2.30. The van der Waals surface area contributed by atoms with Crippen LogP contribution in [-0.2, 0) is 4.79 Å². The summed E-state index contributed by atoms with van der Waals surface area (Å²) in [6.45, 7) is 1.75. The lowest BCUT2D eigenvalue weighted by Crippen LogP contribution is -2.04. The van der Waals surface area contributed by atoms with Gasteiger partial charge in [0.05, 0.1) is 10.3 Å². The number of halogens is 2. The number of benzene rings is 1. The Morgan fingerprint density at radius 3 is 2.62 bits per heavy atom. The van der Waals surface area contributed by atoms with E-state index in [0.717, 1.165) is 4.90 Å². The van der Waals surface area contributed by atoms with Gasteiger partial charge < -0.3 is 0 Å². The molecule has 1 unspecified atom stereocenters. The summed E-state index contributed by atoms with van der Waals surface area (Å²) in [7, 11) is 0. The molecule has 0 bridgehead atoms. The van der Waals surface area contributed by atoms with Crippen molar-refractivity contribution in [3.05, 3.63) is 29.3 Å². The van der Waals surface area contributed by atoms with Crippen molar-refractivity contribution in [1.82, 2.24) is 0 Å². The average molecular weight is 235 g/mol. The molecule has 1 rings (SSSR count). The third-order valence-electron chi connectivity index (χ3n) is 1.46. The van der Waals surface area contributed by atoms with Crippen molar-refractivity contribution in [3.8, 4) is 0 Å². The summed E-state index contributed by atoms with van der Waals surface area (Å²) in [5, 5.41) is 0.0313. The maximum Gasteiger partial charge on any atom is 0.234 e. The summed E-state index contributed by atoms with van der Waals surface area (Å²) < 4.78 is 0. The first-order valence-corrected chi connectivity index (χ1v) is 5.35. The van der Waals surface area contributed by atoms with Crippen molar-refractivity contribution in [2.75, 3.05) is 0 Å². The molecule has 0 saturated carbocycles. The number of hydrogen-bond acceptors (Lipinski definition) is 2. The van der Waals surface area contributed by atoms with Gasteiger partial charge in [0, 0.05) is 4.90 Å². The Bertz CT molecular complexity index is 314. The molecule has 1 aromatic rings. The van der Waals surface area contributed by atoms with Gasteiger partial charge in [-0.1, -0.05) is 23.7 Å². The molecule has 0 aliphatic rings. The van der Waals surface area contributed by atoms with E-state index >= 15 is 0 Å². The highest BCUT2D eigenvalue weighted by Gasteiger charge is 2.12. The predicted molar refractivity (Wildman–Crippen MR) is 57.6 cm³/mol. The Morgan fingerprint density at radius 1 is 1.46 bits per heavy atom. The predicted octanol–water partition coefficient (Wildman–Crippen LogP) is 3.59. The van der Waals surface area contributed by atoms with Crippen LogP contribution < -0.4 is 0 Å². The summed E-state index contributed by atoms with van der Waals surface area (Å²) in [5.74, 6) is 0. The SMILES string of the molecule is CC(Sc1ccccc1Cl)C(=O)Cl. The van der Waals surface area contributed by atoms with E-state index in [-0.39, 0.29) is 10.5 Å². The number of carbonyl (C=O) groups is 1. The fourth-order valence-electron chi connectivity index (χ4n) is 0.777. The van der Waals surface area contributed by atoms with Crippen LogP contribution in [0.15, 0.2) is 29.2 Å². The van der Waals surface area contributed by atoms with Gasteiger partial charge >= 0.3 is 0 Å². The van der Waals surface area contributed by atoms with Crippen LogP contribution in [0.3, 0.4) is 0 Å².